The minimum Gasteiger partial charge on any atom is -0.469 e. The molecule has 0 saturated heterocycles. The van der Waals surface area contributed by atoms with E-state index >= 15 is 0 Å². The minimum absolute atomic E-state index is 0.125. The molecule has 0 bridgehead atoms. The highest BCUT2D eigenvalue weighted by Crippen LogP contribution is 1.60. The highest BCUT2D eigenvalue weighted by Gasteiger charge is 1.75. The van der Waals surface area contributed by atoms with Crippen molar-refractivity contribution in [3.05, 3.63) is 0 Å². The summed E-state index contributed by atoms with van der Waals surface area (Å²) >= 11 is 0. The molecule has 0 aliphatic rings. The van der Waals surface area contributed by atoms with E-state index in [9.17, 15) is 4.79 Å². The van der Waals surface area contributed by atoms with Crippen molar-refractivity contribution in [2.45, 2.75) is 6.92 Å². The summed E-state index contributed by atoms with van der Waals surface area (Å²) in [7, 11) is 1.35. The Morgan fingerprint density at radius 3 is 0.714 bits per heavy atom. The van der Waals surface area contributed by atoms with Crippen LogP contribution >= 0.6 is 0 Å². The summed E-state index contributed by atoms with van der Waals surface area (Å²) in [5.74, 6) is -0.245. The van der Waals surface area contributed by atoms with E-state index in [4.69, 9.17) is 40.9 Å². The molecule has 10 nitrogen and oxygen atoms in total. The third-order valence-electron chi connectivity index (χ3n) is 0.687. The van der Waals surface area contributed by atoms with E-state index in [0.717, 1.165) is 0 Å². The van der Waals surface area contributed by atoms with Gasteiger partial charge in [0.25, 0.3) is 0 Å². The zero-order valence-corrected chi connectivity index (χ0v) is 12.6. The molecule has 0 aliphatic carbocycles. The van der Waals surface area contributed by atoms with Crippen molar-refractivity contribution in [3.8, 4) is 0 Å². The summed E-state index contributed by atoms with van der Waals surface area (Å²) in [4.78, 5) is 9.59. The lowest BCUT2D eigenvalue weighted by molar-refractivity contribution is -0.137. The summed E-state index contributed by atoms with van der Waals surface area (Å²) in [6.07, 6.45) is 0. The molecule has 21 heavy (non-hydrogen) atoms. The maximum absolute atomic E-state index is 9.59. The number of hydrogen-bond acceptors (Lipinski definition) is 10. The SMILES string of the molecule is COC(C)=O.OCCO.OCCO.OCCO.OCCO. The fraction of sp³-hybridized carbons (Fsp3) is 0.909. The molecule has 0 spiro atoms. The van der Waals surface area contributed by atoms with Gasteiger partial charge in [0.05, 0.1) is 60.0 Å². The van der Waals surface area contributed by atoms with Crippen LogP contribution in [0.4, 0.5) is 0 Å². The minimum atomic E-state index is -0.245. The largest absolute Gasteiger partial charge is 0.469 e. The van der Waals surface area contributed by atoms with E-state index in [2.05, 4.69) is 4.74 Å². The van der Waals surface area contributed by atoms with Crippen LogP contribution in [0.15, 0.2) is 0 Å². The summed E-state index contributed by atoms with van der Waals surface area (Å²) in [6.45, 7) is 0.361. The molecular formula is C11H30O10. The predicted molar refractivity (Wildman–Crippen MR) is 74.4 cm³/mol. The molecular weight excluding hydrogens is 292 g/mol. The lowest BCUT2D eigenvalue weighted by Gasteiger charge is -1.80. The van der Waals surface area contributed by atoms with Gasteiger partial charge in [-0.25, -0.2) is 0 Å². The Balaban J connectivity index is -0.0000000510. The van der Waals surface area contributed by atoms with Gasteiger partial charge in [-0.15, -0.1) is 0 Å². The van der Waals surface area contributed by atoms with Crippen LogP contribution in [-0.2, 0) is 9.53 Å². The Morgan fingerprint density at radius 1 is 0.619 bits per heavy atom. The maximum atomic E-state index is 9.59. The molecule has 0 rings (SSSR count). The molecule has 10 heteroatoms. The second-order valence-electron chi connectivity index (χ2n) is 2.48. The first-order valence-electron chi connectivity index (χ1n) is 5.85. The van der Waals surface area contributed by atoms with Crippen molar-refractivity contribution < 1.29 is 50.4 Å². The van der Waals surface area contributed by atoms with Crippen LogP contribution in [0.1, 0.15) is 6.92 Å². The van der Waals surface area contributed by atoms with Gasteiger partial charge in [0.2, 0.25) is 0 Å². The Bertz CT molecular complexity index is 110. The van der Waals surface area contributed by atoms with Crippen LogP contribution in [0.5, 0.6) is 0 Å². The molecule has 0 amide bonds. The highest BCUT2D eigenvalue weighted by atomic mass is 16.5. The zero-order valence-electron chi connectivity index (χ0n) is 12.6. The van der Waals surface area contributed by atoms with Crippen molar-refractivity contribution >= 4 is 5.97 Å². The summed E-state index contributed by atoms with van der Waals surface area (Å²) in [5, 5.41) is 61.0. The number of rotatable bonds is 4. The normalized spacial score (nSPS) is 7.33. The van der Waals surface area contributed by atoms with E-state index in [0.29, 0.717) is 0 Å². The van der Waals surface area contributed by atoms with Gasteiger partial charge in [0, 0.05) is 6.92 Å². The second kappa shape index (κ2) is 50.7. The first-order valence-corrected chi connectivity index (χ1v) is 5.85. The third kappa shape index (κ3) is 212. The number of methoxy groups -OCH3 is 1. The molecule has 0 saturated carbocycles. The molecule has 0 aromatic carbocycles. The lowest BCUT2D eigenvalue weighted by atomic mass is 10.8. The van der Waals surface area contributed by atoms with E-state index in [1.165, 1.54) is 14.0 Å². The number of aliphatic hydroxyl groups excluding tert-OH is 8. The van der Waals surface area contributed by atoms with Gasteiger partial charge in [0.1, 0.15) is 0 Å². The van der Waals surface area contributed by atoms with Crippen molar-refractivity contribution in [3.63, 3.8) is 0 Å². The number of carbonyl (C=O) groups is 1. The van der Waals surface area contributed by atoms with E-state index in [1.807, 2.05) is 0 Å². The molecule has 0 heterocycles. The second-order valence-corrected chi connectivity index (χ2v) is 2.48. The van der Waals surface area contributed by atoms with Gasteiger partial charge < -0.3 is 45.6 Å². The summed E-state index contributed by atoms with van der Waals surface area (Å²) in [5.41, 5.74) is 0. The molecule has 0 fully saturated rings. The van der Waals surface area contributed by atoms with Crippen molar-refractivity contribution in [2.75, 3.05) is 60.0 Å². The fourth-order valence-electron chi connectivity index (χ4n) is 0. The van der Waals surface area contributed by atoms with Crippen LogP contribution in [-0.4, -0.2) is 107 Å². The number of carbonyl (C=O) groups excluding carboxylic acids is 1. The maximum Gasteiger partial charge on any atom is 0.302 e. The lowest BCUT2D eigenvalue weighted by Crippen LogP contribution is -1.88. The Labute approximate surface area is 124 Å². The molecule has 0 aliphatic heterocycles. The van der Waals surface area contributed by atoms with Gasteiger partial charge >= 0.3 is 5.97 Å². The van der Waals surface area contributed by atoms with Gasteiger partial charge in [-0.1, -0.05) is 0 Å². The quantitative estimate of drug-likeness (QED) is 0.237. The van der Waals surface area contributed by atoms with Crippen molar-refractivity contribution in [1.82, 2.24) is 0 Å². The van der Waals surface area contributed by atoms with Crippen LogP contribution in [0, 0.1) is 0 Å². The summed E-state index contributed by atoms with van der Waals surface area (Å²) in [6, 6.07) is 0. The van der Waals surface area contributed by atoms with Crippen LogP contribution in [0.3, 0.4) is 0 Å². The van der Waals surface area contributed by atoms with E-state index in [1.54, 1.807) is 0 Å². The number of aliphatic hydroxyl groups is 8. The molecule has 0 unspecified atom stereocenters. The summed E-state index contributed by atoms with van der Waals surface area (Å²) < 4.78 is 4.11. The molecule has 134 valence electrons. The van der Waals surface area contributed by atoms with Gasteiger partial charge in [0.15, 0.2) is 0 Å². The molecule has 0 aromatic heterocycles. The van der Waals surface area contributed by atoms with Gasteiger partial charge in [-0.2, -0.15) is 0 Å². The van der Waals surface area contributed by atoms with E-state index in [-0.39, 0.29) is 58.8 Å². The first kappa shape index (κ1) is 32.2. The average Bonchev–Trinajstić information content (AvgIpc) is 2.55. The Morgan fingerprint density at radius 2 is 0.714 bits per heavy atom. The Kier molecular flexibility index (Phi) is 77.8. The van der Waals surface area contributed by atoms with E-state index < -0.39 is 0 Å². The fourth-order valence-corrected chi connectivity index (χ4v) is 0. The number of esters is 1. The zero-order chi connectivity index (χ0) is 17.9. The van der Waals surface area contributed by atoms with Crippen molar-refractivity contribution in [2.24, 2.45) is 0 Å². The smallest absolute Gasteiger partial charge is 0.302 e. The van der Waals surface area contributed by atoms with Gasteiger partial charge in [-0.3, -0.25) is 4.79 Å². The van der Waals surface area contributed by atoms with Gasteiger partial charge in [-0.05, 0) is 0 Å². The van der Waals surface area contributed by atoms with Crippen LogP contribution in [0.25, 0.3) is 0 Å². The monoisotopic (exact) mass is 322 g/mol. The first-order chi connectivity index (χ1) is 9.93. The highest BCUT2D eigenvalue weighted by molar-refractivity contribution is 5.65. The molecule has 0 radical (unpaired) electrons. The van der Waals surface area contributed by atoms with Crippen LogP contribution < -0.4 is 0 Å². The topological polar surface area (TPSA) is 188 Å². The molecule has 8 N–H and O–H groups in total. The average molecular weight is 322 g/mol. The Hall–Kier alpha value is -0.850. The standard InChI is InChI=1S/C3H6O2.4C2H6O2/c1-3(4)5-2;4*3-1-2-4/h1-2H3;4*3-4H,1-2H2. The van der Waals surface area contributed by atoms with Crippen molar-refractivity contribution in [1.29, 1.82) is 0 Å². The van der Waals surface area contributed by atoms with Crippen LogP contribution in [0.2, 0.25) is 0 Å². The predicted octanol–water partition coefficient (Wildman–Crippen LogP) is -3.94. The number of ether oxygens (including phenoxy) is 1. The third-order valence-corrected chi connectivity index (χ3v) is 0.687. The molecule has 0 atom stereocenters. The molecule has 0 aromatic rings. The number of hydrogen-bond donors (Lipinski definition) is 8.